The van der Waals surface area contributed by atoms with E-state index in [-0.39, 0.29) is 21.7 Å². The molecule has 0 fully saturated rings. The maximum absolute atomic E-state index is 7.32. The molecule has 0 amide bonds. The van der Waals surface area contributed by atoms with Crippen molar-refractivity contribution in [2.24, 2.45) is 0 Å². The Hall–Kier alpha value is -8.28. The molecular formula is C77H80N4O. The minimum Gasteiger partial charge on any atom is -0.458 e. The SMILES string of the molecule is CC(C)(C)c1cc(-[n+]2[c-]n(-c3cc(Oc4ccc5c6cc(C(C)(C)c7ccccc7)ccc6n(-c6cc(C(C)(C)C)ccn6)c5c4)cc(-c4ccccc4)c3)c(C(C)(C)c3ccccc3)c2C(C)(C)c2ccccc2)cc(C(C)(C)C)c1. The lowest BCUT2D eigenvalue weighted by Crippen LogP contribution is -2.43. The zero-order chi connectivity index (χ0) is 58.1. The largest absolute Gasteiger partial charge is 0.458 e. The molecule has 0 spiro atoms. The number of nitrogens with zero attached hydrogens (tertiary/aromatic N) is 4. The quantitative estimate of drug-likeness (QED) is 0.0903. The average Bonchev–Trinajstić information content (AvgIpc) is 4.21. The molecule has 5 heteroatoms. The van der Waals surface area contributed by atoms with E-state index in [1.54, 1.807) is 0 Å². The first-order valence-corrected chi connectivity index (χ1v) is 29.2. The van der Waals surface area contributed by atoms with Crippen molar-refractivity contribution in [1.82, 2.24) is 14.1 Å². The van der Waals surface area contributed by atoms with Crippen LogP contribution in [0.5, 0.6) is 11.5 Å². The predicted molar refractivity (Wildman–Crippen MR) is 342 cm³/mol. The van der Waals surface area contributed by atoms with Gasteiger partial charge in [-0.3, -0.25) is 13.7 Å². The molecule has 8 aromatic carbocycles. The fraction of sp³-hybridized carbons (Fsp3) is 0.273. The summed E-state index contributed by atoms with van der Waals surface area (Å²) < 4.78 is 14.4. The van der Waals surface area contributed by atoms with Gasteiger partial charge in [0.15, 0.2) is 0 Å². The van der Waals surface area contributed by atoms with Gasteiger partial charge in [-0.1, -0.05) is 237 Å². The van der Waals surface area contributed by atoms with Crippen LogP contribution >= 0.6 is 0 Å². The highest BCUT2D eigenvalue weighted by atomic mass is 16.5. The van der Waals surface area contributed by atoms with Crippen LogP contribution in [0.1, 0.15) is 154 Å². The maximum atomic E-state index is 7.32. The summed E-state index contributed by atoms with van der Waals surface area (Å²) in [5.74, 6) is 2.30. The van der Waals surface area contributed by atoms with E-state index in [0.29, 0.717) is 5.75 Å². The van der Waals surface area contributed by atoms with Crippen LogP contribution in [0.15, 0.2) is 212 Å². The second-order valence-corrected chi connectivity index (χ2v) is 27.3. The minimum atomic E-state index is -0.532. The lowest BCUT2D eigenvalue weighted by Gasteiger charge is -2.35. The highest BCUT2D eigenvalue weighted by molar-refractivity contribution is 6.10. The van der Waals surface area contributed by atoms with Crippen LogP contribution < -0.4 is 9.30 Å². The smallest absolute Gasteiger partial charge is 0.269 e. The van der Waals surface area contributed by atoms with Gasteiger partial charge in [0.05, 0.1) is 33.8 Å². The van der Waals surface area contributed by atoms with Gasteiger partial charge in [-0.2, -0.15) is 0 Å². The van der Waals surface area contributed by atoms with Crippen LogP contribution in [-0.4, -0.2) is 14.1 Å². The summed E-state index contributed by atoms with van der Waals surface area (Å²) in [6.45, 7) is 34.8. The van der Waals surface area contributed by atoms with E-state index in [1.165, 1.54) is 44.3 Å². The molecule has 0 unspecified atom stereocenters. The van der Waals surface area contributed by atoms with E-state index in [1.807, 2.05) is 6.20 Å². The predicted octanol–water partition coefficient (Wildman–Crippen LogP) is 19.4. The molecule has 0 radical (unpaired) electrons. The van der Waals surface area contributed by atoms with Crippen LogP contribution in [0.2, 0.25) is 0 Å². The highest BCUT2D eigenvalue weighted by Gasteiger charge is 2.40. The zero-order valence-electron chi connectivity index (χ0n) is 50.9. The minimum absolute atomic E-state index is 0.0738. The Labute approximate surface area is 488 Å². The Morgan fingerprint density at radius 1 is 0.390 bits per heavy atom. The van der Waals surface area contributed by atoms with Crippen LogP contribution in [0.25, 0.3) is 50.1 Å². The Morgan fingerprint density at radius 2 is 0.939 bits per heavy atom. The third-order valence-electron chi connectivity index (χ3n) is 17.2. The van der Waals surface area contributed by atoms with Gasteiger partial charge in [0, 0.05) is 39.3 Å². The normalized spacial score (nSPS) is 12.8. The lowest BCUT2D eigenvalue weighted by atomic mass is 9.73. The van der Waals surface area contributed by atoms with Gasteiger partial charge in [0.1, 0.15) is 17.3 Å². The third kappa shape index (κ3) is 10.4. The second kappa shape index (κ2) is 20.6. The first-order chi connectivity index (χ1) is 38.8. The van der Waals surface area contributed by atoms with E-state index in [0.717, 1.165) is 61.9 Å². The number of fused-ring (bicyclic) bond motifs is 3. The molecule has 11 aromatic rings. The number of hydrogen-bond donors (Lipinski definition) is 0. The number of rotatable bonds is 12. The number of aromatic nitrogens is 4. The van der Waals surface area contributed by atoms with Crippen LogP contribution in [0.3, 0.4) is 0 Å². The molecule has 0 aliphatic carbocycles. The molecule has 3 aromatic heterocycles. The molecule has 82 heavy (non-hydrogen) atoms. The third-order valence-corrected chi connectivity index (χ3v) is 17.2. The Bertz CT molecular complexity index is 4090. The number of ether oxygens (including phenoxy) is 1. The van der Waals surface area contributed by atoms with E-state index in [9.17, 15) is 0 Å². The molecule has 0 atom stereocenters. The van der Waals surface area contributed by atoms with Crippen LogP contribution in [-0.2, 0) is 32.5 Å². The van der Waals surface area contributed by atoms with Gasteiger partial charge in [-0.25, -0.2) is 4.98 Å². The van der Waals surface area contributed by atoms with Crippen LogP contribution in [0, 0.1) is 6.33 Å². The molecule has 5 nitrogen and oxygen atoms in total. The monoisotopic (exact) mass is 1080 g/mol. The van der Waals surface area contributed by atoms with Gasteiger partial charge < -0.3 is 4.74 Å². The van der Waals surface area contributed by atoms with Gasteiger partial charge in [-0.05, 0) is 133 Å². The standard InChI is InChI=1S/C77H80N4O/c1-72(2,3)57-40-41-78-69(48-57)81-67-39-36-58(75(10,11)54-30-22-17-23-31-54)47-66(67)65-38-37-63(50-68(65)81)82-64-43-53(52-28-20-16-21-29-52)42-61(49-64)79-51-80(62-45-59(73(4,5)6)44-60(46-62)74(7,8)9)71(77(14,15)56-34-26-19-27-35-56)70(79)76(12,13)55-32-24-18-25-33-55/h16-50H,1-15H3. The van der Waals surface area contributed by atoms with E-state index in [4.69, 9.17) is 9.72 Å². The summed E-state index contributed by atoms with van der Waals surface area (Å²) in [5.41, 5.74) is 15.7. The molecule has 0 N–H and O–H groups in total. The molecule has 3 heterocycles. The van der Waals surface area contributed by atoms with Crippen molar-refractivity contribution >= 4 is 21.8 Å². The fourth-order valence-electron chi connectivity index (χ4n) is 12.0. The molecule has 0 saturated carbocycles. The van der Waals surface area contributed by atoms with Crippen molar-refractivity contribution in [3.05, 3.63) is 269 Å². The fourth-order valence-corrected chi connectivity index (χ4v) is 12.0. The van der Waals surface area contributed by atoms with Gasteiger partial charge >= 0.3 is 0 Å². The topological polar surface area (TPSA) is 35.9 Å². The summed E-state index contributed by atoms with van der Waals surface area (Å²) in [4.78, 5) is 5.08. The van der Waals surface area contributed by atoms with Crippen molar-refractivity contribution < 1.29 is 9.30 Å². The van der Waals surface area contributed by atoms with Gasteiger partial charge in [0.2, 0.25) is 0 Å². The molecule has 11 rings (SSSR count). The lowest BCUT2D eigenvalue weighted by molar-refractivity contribution is -0.611. The first-order valence-electron chi connectivity index (χ1n) is 29.2. The maximum Gasteiger partial charge on any atom is 0.269 e. The molecule has 0 saturated heterocycles. The number of benzene rings is 8. The molecular weight excluding hydrogens is 997 g/mol. The van der Waals surface area contributed by atoms with Crippen molar-refractivity contribution in [2.75, 3.05) is 0 Å². The van der Waals surface area contributed by atoms with Crippen molar-refractivity contribution in [3.63, 3.8) is 0 Å². The summed E-state index contributed by atoms with van der Waals surface area (Å²) in [5, 5.41) is 2.30. The summed E-state index contributed by atoms with van der Waals surface area (Å²) >= 11 is 0. The molecule has 0 bridgehead atoms. The highest BCUT2D eigenvalue weighted by Crippen LogP contribution is 2.45. The second-order valence-electron chi connectivity index (χ2n) is 27.3. The Balaban J connectivity index is 1.17. The van der Waals surface area contributed by atoms with E-state index in [2.05, 4.69) is 330 Å². The number of pyridine rings is 1. The van der Waals surface area contributed by atoms with E-state index < -0.39 is 10.8 Å². The first kappa shape index (κ1) is 55.6. The van der Waals surface area contributed by atoms with Gasteiger partial charge in [-0.15, -0.1) is 0 Å². The number of hydrogen-bond acceptors (Lipinski definition) is 2. The van der Waals surface area contributed by atoms with Gasteiger partial charge in [0.25, 0.3) is 6.33 Å². The zero-order valence-corrected chi connectivity index (χ0v) is 50.9. The van der Waals surface area contributed by atoms with Crippen molar-refractivity contribution in [3.8, 4) is 39.8 Å². The van der Waals surface area contributed by atoms with Crippen molar-refractivity contribution in [1.29, 1.82) is 0 Å². The Kier molecular flexibility index (Phi) is 14.0. The van der Waals surface area contributed by atoms with Crippen molar-refractivity contribution in [2.45, 2.75) is 136 Å². The Morgan fingerprint density at radius 3 is 1.51 bits per heavy atom. The summed E-state index contributed by atoms with van der Waals surface area (Å²) in [6.07, 6.45) is 6.08. The molecule has 0 aliphatic heterocycles. The molecule has 0 aliphatic rings. The summed E-state index contributed by atoms with van der Waals surface area (Å²) in [7, 11) is 0. The number of imidazole rings is 1. The summed E-state index contributed by atoms with van der Waals surface area (Å²) in [6, 6.07) is 75.2. The average molecular weight is 1080 g/mol. The van der Waals surface area contributed by atoms with E-state index >= 15 is 0 Å². The van der Waals surface area contributed by atoms with Crippen LogP contribution in [0.4, 0.5) is 0 Å². The molecule has 414 valence electrons.